The van der Waals surface area contributed by atoms with Crippen LogP contribution in [-0.2, 0) is 9.53 Å². The maximum Gasteiger partial charge on any atom is 0.339 e. The summed E-state index contributed by atoms with van der Waals surface area (Å²) in [5.74, 6) is 0.0119. The summed E-state index contributed by atoms with van der Waals surface area (Å²) in [6.07, 6.45) is 0.385. The number of rotatable bonds is 6. The number of esters is 1. The molecule has 1 heterocycles. The number of hydrogen-bond donors (Lipinski definition) is 1. The van der Waals surface area contributed by atoms with Gasteiger partial charge in [-0.15, -0.1) is 0 Å². The molecule has 2 aromatic rings. The van der Waals surface area contributed by atoms with Gasteiger partial charge in [0.15, 0.2) is 17.6 Å². The third-order valence-electron chi connectivity index (χ3n) is 3.25. The minimum Gasteiger partial charge on any atom is -0.493 e. The number of benzene rings is 1. The number of nitrogens with one attached hydrogen (secondary N) is 1. The van der Waals surface area contributed by atoms with Gasteiger partial charge in [-0.1, -0.05) is 11.6 Å². The Morgan fingerprint density at radius 1 is 1.12 bits per heavy atom. The predicted octanol–water partition coefficient (Wildman–Crippen LogP) is 2.94. The van der Waals surface area contributed by atoms with Gasteiger partial charge in [-0.3, -0.25) is 4.79 Å². The first-order valence-corrected chi connectivity index (χ1v) is 7.67. The van der Waals surface area contributed by atoms with Gasteiger partial charge in [0.05, 0.1) is 24.8 Å². The molecule has 0 spiro atoms. The average molecular weight is 365 g/mol. The summed E-state index contributed by atoms with van der Waals surface area (Å²) in [7, 11) is 2.95. The molecule has 0 aliphatic heterocycles. The van der Waals surface area contributed by atoms with Crippen molar-refractivity contribution in [2.75, 3.05) is 19.5 Å². The second-order valence-corrected chi connectivity index (χ2v) is 5.40. The van der Waals surface area contributed by atoms with Crippen molar-refractivity contribution < 1.29 is 23.8 Å². The van der Waals surface area contributed by atoms with Crippen LogP contribution in [0.25, 0.3) is 0 Å². The first-order valence-electron chi connectivity index (χ1n) is 7.30. The number of ether oxygens (including phenoxy) is 3. The van der Waals surface area contributed by atoms with E-state index >= 15 is 0 Å². The van der Waals surface area contributed by atoms with Crippen molar-refractivity contribution in [3.63, 3.8) is 0 Å². The van der Waals surface area contributed by atoms with E-state index in [1.165, 1.54) is 39.5 Å². The number of methoxy groups -OCH3 is 2. The highest BCUT2D eigenvalue weighted by atomic mass is 35.5. The first-order chi connectivity index (χ1) is 11.9. The van der Waals surface area contributed by atoms with E-state index in [1.54, 1.807) is 18.2 Å². The SMILES string of the molecule is COc1ccc(C(=O)OC(C)C(=O)Nc2ccc(Cl)cn2)cc1OC. The Morgan fingerprint density at radius 2 is 1.84 bits per heavy atom. The molecule has 132 valence electrons. The zero-order valence-corrected chi connectivity index (χ0v) is 14.7. The van der Waals surface area contributed by atoms with Crippen LogP contribution in [0.3, 0.4) is 0 Å². The summed E-state index contributed by atoms with van der Waals surface area (Å²) in [6, 6.07) is 7.72. The maximum absolute atomic E-state index is 12.2. The first kappa shape index (κ1) is 18.5. The molecular weight excluding hydrogens is 348 g/mol. The van der Waals surface area contributed by atoms with Crippen LogP contribution in [0.5, 0.6) is 11.5 Å². The summed E-state index contributed by atoms with van der Waals surface area (Å²) >= 11 is 5.73. The molecule has 2 rings (SSSR count). The Labute approximate surface area is 149 Å². The molecule has 0 fully saturated rings. The molecule has 0 saturated heterocycles. The fourth-order valence-corrected chi connectivity index (χ4v) is 2.03. The van der Waals surface area contributed by atoms with E-state index in [0.717, 1.165) is 0 Å². The fourth-order valence-electron chi connectivity index (χ4n) is 1.92. The van der Waals surface area contributed by atoms with Gasteiger partial charge in [0.2, 0.25) is 0 Å². The summed E-state index contributed by atoms with van der Waals surface area (Å²) in [5, 5.41) is 2.99. The van der Waals surface area contributed by atoms with E-state index in [2.05, 4.69) is 10.3 Å². The minimum absolute atomic E-state index is 0.238. The number of anilines is 1. The molecule has 0 bridgehead atoms. The number of halogens is 1. The molecule has 0 radical (unpaired) electrons. The van der Waals surface area contributed by atoms with Crippen LogP contribution in [0.15, 0.2) is 36.5 Å². The molecule has 0 saturated carbocycles. The maximum atomic E-state index is 12.2. The second-order valence-electron chi connectivity index (χ2n) is 4.97. The number of amides is 1. The Bertz CT molecular complexity index is 764. The smallest absolute Gasteiger partial charge is 0.339 e. The lowest BCUT2D eigenvalue weighted by Crippen LogP contribution is -2.30. The van der Waals surface area contributed by atoms with E-state index in [4.69, 9.17) is 25.8 Å². The van der Waals surface area contributed by atoms with Crippen molar-refractivity contribution in [3.8, 4) is 11.5 Å². The van der Waals surface area contributed by atoms with E-state index in [-0.39, 0.29) is 5.56 Å². The monoisotopic (exact) mass is 364 g/mol. The van der Waals surface area contributed by atoms with Gasteiger partial charge in [-0.2, -0.15) is 0 Å². The van der Waals surface area contributed by atoms with Crippen molar-refractivity contribution >= 4 is 29.3 Å². The molecule has 1 atom stereocenters. The molecule has 1 aromatic carbocycles. The molecule has 0 aliphatic carbocycles. The number of nitrogens with zero attached hydrogens (tertiary/aromatic N) is 1. The van der Waals surface area contributed by atoms with Crippen LogP contribution >= 0.6 is 11.6 Å². The molecule has 1 amide bonds. The highest BCUT2D eigenvalue weighted by Gasteiger charge is 2.20. The third kappa shape index (κ3) is 4.84. The lowest BCUT2D eigenvalue weighted by molar-refractivity contribution is -0.123. The number of carbonyl (C=O) groups excluding carboxylic acids is 2. The summed E-state index contributed by atoms with van der Waals surface area (Å²) < 4.78 is 15.4. The Balaban J connectivity index is 2.01. The van der Waals surface area contributed by atoms with Crippen LogP contribution in [0.2, 0.25) is 5.02 Å². The number of hydrogen-bond acceptors (Lipinski definition) is 6. The fraction of sp³-hybridized carbons (Fsp3) is 0.235. The van der Waals surface area contributed by atoms with Crippen LogP contribution in [0.1, 0.15) is 17.3 Å². The highest BCUT2D eigenvalue weighted by molar-refractivity contribution is 6.30. The number of pyridine rings is 1. The van der Waals surface area contributed by atoms with Gasteiger partial charge in [-0.05, 0) is 37.3 Å². The quantitative estimate of drug-likeness (QED) is 0.793. The molecule has 7 nitrogen and oxygen atoms in total. The average Bonchev–Trinajstić information content (AvgIpc) is 2.62. The molecule has 8 heteroatoms. The predicted molar refractivity (Wildman–Crippen MR) is 92.3 cm³/mol. The summed E-state index contributed by atoms with van der Waals surface area (Å²) in [4.78, 5) is 28.2. The topological polar surface area (TPSA) is 86.8 Å². The second kappa shape index (κ2) is 8.34. The number of carbonyl (C=O) groups is 2. The van der Waals surface area contributed by atoms with E-state index < -0.39 is 18.0 Å². The molecule has 1 unspecified atom stereocenters. The zero-order valence-electron chi connectivity index (χ0n) is 13.9. The molecule has 0 aliphatic rings. The van der Waals surface area contributed by atoms with Crippen LogP contribution < -0.4 is 14.8 Å². The van der Waals surface area contributed by atoms with Crippen LogP contribution in [0, 0.1) is 0 Å². The van der Waals surface area contributed by atoms with Gasteiger partial charge in [0.25, 0.3) is 5.91 Å². The summed E-state index contributed by atoms with van der Waals surface area (Å²) in [6.45, 7) is 1.46. The van der Waals surface area contributed by atoms with E-state index in [9.17, 15) is 9.59 Å². The zero-order chi connectivity index (χ0) is 18.4. The van der Waals surface area contributed by atoms with Gasteiger partial charge < -0.3 is 19.5 Å². The molecular formula is C17H17ClN2O5. The lowest BCUT2D eigenvalue weighted by atomic mass is 10.2. The molecule has 1 N–H and O–H groups in total. The van der Waals surface area contributed by atoms with Gasteiger partial charge >= 0.3 is 5.97 Å². The van der Waals surface area contributed by atoms with Crippen molar-refractivity contribution in [1.82, 2.24) is 4.98 Å². The molecule has 25 heavy (non-hydrogen) atoms. The van der Waals surface area contributed by atoms with Gasteiger partial charge in [0.1, 0.15) is 5.82 Å². The Kier molecular flexibility index (Phi) is 6.19. The van der Waals surface area contributed by atoms with E-state index in [0.29, 0.717) is 22.3 Å². The Morgan fingerprint density at radius 3 is 2.44 bits per heavy atom. The number of aromatic nitrogens is 1. The largest absolute Gasteiger partial charge is 0.493 e. The highest BCUT2D eigenvalue weighted by Crippen LogP contribution is 2.27. The van der Waals surface area contributed by atoms with Crippen LogP contribution in [0.4, 0.5) is 5.82 Å². The van der Waals surface area contributed by atoms with Crippen molar-refractivity contribution in [2.45, 2.75) is 13.0 Å². The lowest BCUT2D eigenvalue weighted by Gasteiger charge is -2.14. The third-order valence-corrected chi connectivity index (χ3v) is 3.47. The Hall–Kier alpha value is -2.80. The van der Waals surface area contributed by atoms with Crippen molar-refractivity contribution in [3.05, 3.63) is 47.1 Å². The molecule has 1 aromatic heterocycles. The normalized spacial score (nSPS) is 11.4. The summed E-state index contributed by atoms with van der Waals surface area (Å²) in [5.41, 5.74) is 0.238. The van der Waals surface area contributed by atoms with Crippen molar-refractivity contribution in [2.24, 2.45) is 0 Å². The van der Waals surface area contributed by atoms with Gasteiger partial charge in [-0.25, -0.2) is 9.78 Å². The van der Waals surface area contributed by atoms with Crippen LogP contribution in [-0.4, -0.2) is 37.2 Å². The minimum atomic E-state index is -1.02. The van der Waals surface area contributed by atoms with Crippen molar-refractivity contribution in [1.29, 1.82) is 0 Å². The van der Waals surface area contributed by atoms with Gasteiger partial charge in [0, 0.05) is 6.20 Å². The standard InChI is InChI=1S/C17H17ClN2O5/c1-10(16(21)20-15-7-5-12(18)9-19-15)25-17(22)11-4-6-13(23-2)14(8-11)24-3/h4-10H,1-3H3,(H,19,20,21). The van der Waals surface area contributed by atoms with E-state index in [1.807, 2.05) is 0 Å².